The molecule has 0 aromatic carbocycles. The molecule has 1 heterocycles. The second-order valence-corrected chi connectivity index (χ2v) is 6.24. The zero-order valence-corrected chi connectivity index (χ0v) is 12.3. The Kier molecular flexibility index (Phi) is 5.00. The fraction of sp³-hybridized carbons (Fsp3) is 0.917. The summed E-state index contributed by atoms with van der Waals surface area (Å²) in [5, 5.41) is 16.6. The van der Waals surface area contributed by atoms with Gasteiger partial charge in [-0.05, 0) is 42.2 Å². The van der Waals surface area contributed by atoms with Crippen LogP contribution in [0.4, 0.5) is 0 Å². The third kappa shape index (κ3) is 3.68. The quantitative estimate of drug-likeness (QED) is 0.733. The molecule has 0 radical (unpaired) electrons. The molecule has 1 atom stereocenters. The molecule has 0 amide bonds. The Labute approximate surface area is 113 Å². The van der Waals surface area contributed by atoms with Gasteiger partial charge in [-0.1, -0.05) is 32.5 Å². The van der Waals surface area contributed by atoms with Gasteiger partial charge in [0.1, 0.15) is 0 Å². The molecule has 0 aliphatic heterocycles. The van der Waals surface area contributed by atoms with Crippen molar-refractivity contribution in [3.8, 4) is 0 Å². The van der Waals surface area contributed by atoms with Gasteiger partial charge in [0.2, 0.25) is 5.16 Å². The van der Waals surface area contributed by atoms with E-state index in [9.17, 15) is 0 Å². The molecule has 0 bridgehead atoms. The van der Waals surface area contributed by atoms with Crippen LogP contribution in [0.1, 0.15) is 46.1 Å². The van der Waals surface area contributed by atoms with Crippen LogP contribution in [0.25, 0.3) is 0 Å². The first-order valence-corrected chi connectivity index (χ1v) is 7.85. The second-order valence-electron chi connectivity index (χ2n) is 5.25. The molecular formula is C12H23N5S. The molecular weight excluding hydrogens is 246 g/mol. The van der Waals surface area contributed by atoms with Crippen molar-refractivity contribution in [2.45, 2.75) is 57.3 Å². The second kappa shape index (κ2) is 6.52. The molecule has 1 aromatic rings. The van der Waals surface area contributed by atoms with E-state index in [4.69, 9.17) is 0 Å². The Bertz CT molecular complexity index is 361. The van der Waals surface area contributed by atoms with Gasteiger partial charge >= 0.3 is 0 Å². The van der Waals surface area contributed by atoms with Crippen molar-refractivity contribution >= 4 is 11.8 Å². The number of aromatic nitrogens is 4. The lowest BCUT2D eigenvalue weighted by Gasteiger charge is -2.21. The van der Waals surface area contributed by atoms with Crippen LogP contribution in [0.5, 0.6) is 0 Å². The van der Waals surface area contributed by atoms with Gasteiger partial charge in [0.15, 0.2) is 0 Å². The van der Waals surface area contributed by atoms with Gasteiger partial charge in [-0.15, -0.1) is 5.10 Å². The number of nitrogens with one attached hydrogen (secondary N) is 1. The summed E-state index contributed by atoms with van der Waals surface area (Å²) in [4.78, 5) is 0. The van der Waals surface area contributed by atoms with Crippen LogP contribution in [0.2, 0.25) is 0 Å². The minimum atomic E-state index is 0.527. The molecule has 6 heteroatoms. The number of hydrogen-bond donors (Lipinski definition) is 1. The highest BCUT2D eigenvalue weighted by atomic mass is 32.2. The molecule has 1 fully saturated rings. The Hall–Kier alpha value is -0.620. The maximum Gasteiger partial charge on any atom is 0.209 e. The van der Waals surface area contributed by atoms with Crippen molar-refractivity contribution in [1.82, 2.24) is 25.5 Å². The van der Waals surface area contributed by atoms with Gasteiger partial charge in [0.25, 0.3) is 0 Å². The maximum atomic E-state index is 4.13. The summed E-state index contributed by atoms with van der Waals surface area (Å²) in [7, 11) is 0. The fourth-order valence-corrected chi connectivity index (χ4v) is 3.05. The number of rotatable bonds is 8. The lowest BCUT2D eigenvalue weighted by atomic mass is 10.1. The standard InChI is InChI=1S/C12H23N5S/c1-4-7-13-11(9(2)3)8-18-12-14-15-16-17(12)10-5-6-10/h9-11,13H,4-8H2,1-3H3. The molecule has 1 unspecified atom stereocenters. The highest BCUT2D eigenvalue weighted by molar-refractivity contribution is 7.99. The van der Waals surface area contributed by atoms with E-state index in [0.29, 0.717) is 18.0 Å². The Balaban J connectivity index is 1.85. The number of nitrogens with zero attached hydrogens (tertiary/aromatic N) is 4. The van der Waals surface area contributed by atoms with E-state index >= 15 is 0 Å². The maximum absolute atomic E-state index is 4.13. The van der Waals surface area contributed by atoms with Crippen LogP contribution in [0.15, 0.2) is 5.16 Å². The monoisotopic (exact) mass is 269 g/mol. The molecule has 18 heavy (non-hydrogen) atoms. The van der Waals surface area contributed by atoms with E-state index in [1.54, 1.807) is 11.8 Å². The van der Waals surface area contributed by atoms with Gasteiger partial charge in [-0.2, -0.15) is 0 Å². The summed E-state index contributed by atoms with van der Waals surface area (Å²) in [5.74, 6) is 1.67. The van der Waals surface area contributed by atoms with Crippen LogP contribution in [0, 0.1) is 5.92 Å². The Morgan fingerprint density at radius 1 is 1.44 bits per heavy atom. The van der Waals surface area contributed by atoms with Gasteiger partial charge in [0, 0.05) is 11.8 Å². The molecule has 1 aliphatic rings. The third-order valence-corrected chi connectivity index (χ3v) is 4.26. The third-order valence-electron chi connectivity index (χ3n) is 3.21. The minimum Gasteiger partial charge on any atom is -0.313 e. The summed E-state index contributed by atoms with van der Waals surface area (Å²) in [6, 6.07) is 1.09. The van der Waals surface area contributed by atoms with Crippen molar-refractivity contribution in [1.29, 1.82) is 0 Å². The zero-order valence-electron chi connectivity index (χ0n) is 11.5. The summed E-state index contributed by atoms with van der Waals surface area (Å²) in [6.45, 7) is 7.80. The first kappa shape index (κ1) is 13.8. The SMILES string of the molecule is CCCNC(CSc1nnnn1C1CC1)C(C)C. The van der Waals surface area contributed by atoms with E-state index in [0.717, 1.165) is 17.5 Å². The predicted octanol–water partition coefficient (Wildman–Crippen LogP) is 2.12. The molecule has 1 N–H and O–H groups in total. The summed E-state index contributed by atoms with van der Waals surface area (Å²) >= 11 is 1.77. The molecule has 1 aromatic heterocycles. The van der Waals surface area contributed by atoms with Crippen molar-refractivity contribution in [3.05, 3.63) is 0 Å². The molecule has 0 spiro atoms. The fourth-order valence-electron chi connectivity index (χ4n) is 1.81. The summed E-state index contributed by atoms with van der Waals surface area (Å²) < 4.78 is 1.99. The van der Waals surface area contributed by atoms with Crippen molar-refractivity contribution < 1.29 is 0 Å². The van der Waals surface area contributed by atoms with Gasteiger partial charge in [-0.25, -0.2) is 4.68 Å². The Morgan fingerprint density at radius 3 is 2.83 bits per heavy atom. The zero-order chi connectivity index (χ0) is 13.0. The van der Waals surface area contributed by atoms with E-state index in [1.165, 1.54) is 19.3 Å². The minimum absolute atomic E-state index is 0.527. The lowest BCUT2D eigenvalue weighted by Crippen LogP contribution is -2.36. The Morgan fingerprint density at radius 2 is 2.22 bits per heavy atom. The van der Waals surface area contributed by atoms with E-state index < -0.39 is 0 Å². The highest BCUT2D eigenvalue weighted by Crippen LogP contribution is 2.36. The highest BCUT2D eigenvalue weighted by Gasteiger charge is 2.28. The average molecular weight is 269 g/mol. The summed E-state index contributed by atoms with van der Waals surface area (Å²) in [5.41, 5.74) is 0. The molecule has 0 saturated heterocycles. The molecule has 2 rings (SSSR count). The van der Waals surface area contributed by atoms with Crippen LogP contribution >= 0.6 is 11.8 Å². The van der Waals surface area contributed by atoms with E-state index in [1.807, 2.05) is 4.68 Å². The molecule has 1 saturated carbocycles. The van der Waals surface area contributed by atoms with E-state index in [2.05, 4.69) is 41.6 Å². The van der Waals surface area contributed by atoms with Crippen LogP contribution < -0.4 is 5.32 Å². The van der Waals surface area contributed by atoms with Crippen LogP contribution in [-0.2, 0) is 0 Å². The molecule has 102 valence electrons. The normalized spacial score (nSPS) is 17.3. The largest absolute Gasteiger partial charge is 0.313 e. The van der Waals surface area contributed by atoms with E-state index in [-0.39, 0.29) is 0 Å². The van der Waals surface area contributed by atoms with Gasteiger partial charge in [0.05, 0.1) is 6.04 Å². The lowest BCUT2D eigenvalue weighted by molar-refractivity contribution is 0.433. The smallest absolute Gasteiger partial charge is 0.209 e. The number of thioether (sulfide) groups is 1. The predicted molar refractivity (Wildman–Crippen MR) is 73.7 cm³/mol. The van der Waals surface area contributed by atoms with Crippen molar-refractivity contribution in [2.24, 2.45) is 5.92 Å². The first-order valence-electron chi connectivity index (χ1n) is 6.86. The van der Waals surface area contributed by atoms with Crippen molar-refractivity contribution in [2.75, 3.05) is 12.3 Å². The van der Waals surface area contributed by atoms with Crippen molar-refractivity contribution in [3.63, 3.8) is 0 Å². The number of hydrogen-bond acceptors (Lipinski definition) is 5. The molecule has 1 aliphatic carbocycles. The van der Waals surface area contributed by atoms with Crippen LogP contribution in [0.3, 0.4) is 0 Å². The number of tetrazole rings is 1. The topological polar surface area (TPSA) is 55.6 Å². The molecule has 5 nitrogen and oxygen atoms in total. The summed E-state index contributed by atoms with van der Waals surface area (Å²) in [6.07, 6.45) is 3.62. The van der Waals surface area contributed by atoms with Gasteiger partial charge in [-0.3, -0.25) is 0 Å². The average Bonchev–Trinajstić information content (AvgIpc) is 3.09. The van der Waals surface area contributed by atoms with Crippen LogP contribution in [-0.4, -0.2) is 38.5 Å². The first-order chi connectivity index (χ1) is 8.72. The van der Waals surface area contributed by atoms with Gasteiger partial charge < -0.3 is 5.32 Å².